The molecule has 14 heavy (non-hydrogen) atoms. The maximum absolute atomic E-state index is 8.54. The monoisotopic (exact) mass is 210 g/mol. The van der Waals surface area contributed by atoms with Gasteiger partial charge in [-0.15, -0.1) is 0 Å². The third-order valence-corrected chi connectivity index (χ3v) is 2.43. The predicted octanol–water partition coefficient (Wildman–Crippen LogP) is 1.91. The van der Waals surface area contributed by atoms with E-state index in [2.05, 4.69) is 34.2 Å². The Bertz CT molecular complexity index is 288. The highest BCUT2D eigenvalue weighted by Crippen LogP contribution is 2.16. The van der Waals surface area contributed by atoms with Crippen molar-refractivity contribution in [2.45, 2.75) is 20.3 Å². The fourth-order valence-corrected chi connectivity index (χ4v) is 1.76. The molecule has 1 aromatic heterocycles. The lowest BCUT2D eigenvalue weighted by atomic mass is 10.2. The average Bonchev–Trinajstić information content (AvgIpc) is 2.64. The molecule has 0 unspecified atom stereocenters. The second kappa shape index (κ2) is 5.55. The van der Waals surface area contributed by atoms with E-state index in [0.717, 1.165) is 18.2 Å². The topological polar surface area (TPSA) is 52.8 Å². The van der Waals surface area contributed by atoms with Gasteiger partial charge in [-0.3, -0.25) is 0 Å². The van der Waals surface area contributed by atoms with E-state index >= 15 is 0 Å². The Morgan fingerprint density at radius 1 is 1.64 bits per heavy atom. The molecule has 0 aliphatic rings. The minimum Gasteiger partial charge on any atom is -0.346 e. The summed E-state index contributed by atoms with van der Waals surface area (Å²) in [6.07, 6.45) is 2.09. The molecule has 1 heterocycles. The van der Waals surface area contributed by atoms with Crippen molar-refractivity contribution in [1.29, 1.82) is 5.26 Å². The van der Waals surface area contributed by atoms with Crippen LogP contribution in [0, 0.1) is 17.2 Å². The number of nitriles is 1. The molecule has 0 fully saturated rings. The Labute approximate surface area is 88.4 Å². The standard InChI is InChI=1S/C9H14N4S/c1-8(2)6-13(5-3-4-10)9-11-7-12-14-9/h7-8H,3,5-6H2,1-2H3. The zero-order valence-corrected chi connectivity index (χ0v) is 9.29. The van der Waals surface area contributed by atoms with Crippen LogP contribution in [0.2, 0.25) is 0 Å². The van der Waals surface area contributed by atoms with Gasteiger partial charge < -0.3 is 4.90 Å². The van der Waals surface area contributed by atoms with E-state index in [1.54, 1.807) is 6.33 Å². The second-order valence-electron chi connectivity index (χ2n) is 3.47. The van der Waals surface area contributed by atoms with Gasteiger partial charge in [0.15, 0.2) is 0 Å². The first-order valence-corrected chi connectivity index (χ1v) is 5.40. The molecule has 0 N–H and O–H groups in total. The third-order valence-electron chi connectivity index (χ3n) is 1.70. The molecule has 0 aromatic carbocycles. The Morgan fingerprint density at radius 3 is 2.93 bits per heavy atom. The zero-order valence-electron chi connectivity index (χ0n) is 8.47. The molecule has 5 heteroatoms. The number of hydrogen-bond acceptors (Lipinski definition) is 5. The summed E-state index contributed by atoms with van der Waals surface area (Å²) >= 11 is 1.38. The molecule has 0 saturated carbocycles. The summed E-state index contributed by atoms with van der Waals surface area (Å²) in [6, 6.07) is 2.15. The Morgan fingerprint density at radius 2 is 2.43 bits per heavy atom. The largest absolute Gasteiger partial charge is 0.346 e. The molecule has 0 aliphatic heterocycles. The average molecular weight is 210 g/mol. The van der Waals surface area contributed by atoms with Crippen molar-refractivity contribution >= 4 is 16.7 Å². The molecule has 4 nitrogen and oxygen atoms in total. The van der Waals surface area contributed by atoms with E-state index in [9.17, 15) is 0 Å². The van der Waals surface area contributed by atoms with Gasteiger partial charge in [0, 0.05) is 24.6 Å². The number of anilines is 1. The molecule has 0 saturated heterocycles. The van der Waals surface area contributed by atoms with Crippen LogP contribution in [0.25, 0.3) is 0 Å². The van der Waals surface area contributed by atoms with Crippen molar-refractivity contribution in [2.24, 2.45) is 5.92 Å². The zero-order chi connectivity index (χ0) is 10.4. The van der Waals surface area contributed by atoms with Crippen molar-refractivity contribution in [3.63, 3.8) is 0 Å². The molecule has 0 aliphatic carbocycles. The molecule has 0 bridgehead atoms. The van der Waals surface area contributed by atoms with Crippen molar-refractivity contribution in [2.75, 3.05) is 18.0 Å². The number of aromatic nitrogens is 2. The van der Waals surface area contributed by atoms with Gasteiger partial charge in [-0.1, -0.05) is 13.8 Å². The van der Waals surface area contributed by atoms with Crippen LogP contribution in [0.1, 0.15) is 20.3 Å². The highest BCUT2D eigenvalue weighted by molar-refractivity contribution is 7.09. The van der Waals surface area contributed by atoms with E-state index in [4.69, 9.17) is 5.26 Å². The highest BCUT2D eigenvalue weighted by atomic mass is 32.1. The van der Waals surface area contributed by atoms with E-state index in [1.807, 2.05) is 0 Å². The van der Waals surface area contributed by atoms with Gasteiger partial charge in [0.1, 0.15) is 6.33 Å². The molecule has 0 radical (unpaired) electrons. The van der Waals surface area contributed by atoms with Gasteiger partial charge >= 0.3 is 0 Å². The van der Waals surface area contributed by atoms with Crippen LogP contribution in [0.15, 0.2) is 6.33 Å². The Balaban J connectivity index is 2.58. The van der Waals surface area contributed by atoms with E-state index in [1.165, 1.54) is 11.5 Å². The van der Waals surface area contributed by atoms with Crippen LogP contribution in [-0.4, -0.2) is 22.4 Å². The Kier molecular flexibility index (Phi) is 4.33. The number of hydrogen-bond donors (Lipinski definition) is 0. The van der Waals surface area contributed by atoms with Crippen molar-refractivity contribution in [3.8, 4) is 6.07 Å². The lowest BCUT2D eigenvalue weighted by Gasteiger charge is -2.21. The first-order chi connectivity index (χ1) is 6.74. The summed E-state index contributed by atoms with van der Waals surface area (Å²) in [7, 11) is 0. The maximum atomic E-state index is 8.54. The normalized spacial score (nSPS) is 10.1. The smallest absolute Gasteiger partial charge is 0.204 e. The summed E-state index contributed by atoms with van der Waals surface area (Å²) in [4.78, 5) is 6.26. The predicted molar refractivity (Wildman–Crippen MR) is 57.2 cm³/mol. The SMILES string of the molecule is CC(C)CN(CCC#N)c1ncns1. The quantitative estimate of drug-likeness (QED) is 0.745. The molecule has 0 amide bonds. The van der Waals surface area contributed by atoms with Crippen molar-refractivity contribution in [1.82, 2.24) is 9.36 Å². The van der Waals surface area contributed by atoms with Gasteiger partial charge in [-0.2, -0.15) is 9.64 Å². The minimum absolute atomic E-state index is 0.534. The summed E-state index contributed by atoms with van der Waals surface area (Å²) in [6.45, 7) is 5.97. The highest BCUT2D eigenvalue weighted by Gasteiger charge is 2.10. The Hall–Kier alpha value is -1.15. The first-order valence-electron chi connectivity index (χ1n) is 4.62. The van der Waals surface area contributed by atoms with Crippen LogP contribution < -0.4 is 4.90 Å². The van der Waals surface area contributed by atoms with Gasteiger partial charge in [-0.05, 0) is 5.92 Å². The summed E-state index contributed by atoms with van der Waals surface area (Å²) in [5.74, 6) is 0.567. The third kappa shape index (κ3) is 3.30. The van der Waals surface area contributed by atoms with Crippen LogP contribution >= 0.6 is 11.5 Å². The molecule has 1 rings (SSSR count). The van der Waals surface area contributed by atoms with Crippen molar-refractivity contribution < 1.29 is 0 Å². The molecule has 1 aromatic rings. The van der Waals surface area contributed by atoms with Gasteiger partial charge in [0.2, 0.25) is 5.13 Å². The van der Waals surface area contributed by atoms with E-state index < -0.39 is 0 Å². The fraction of sp³-hybridized carbons (Fsp3) is 0.667. The first kappa shape index (κ1) is 10.9. The fourth-order valence-electron chi connectivity index (χ4n) is 1.20. The van der Waals surface area contributed by atoms with E-state index in [0.29, 0.717) is 12.3 Å². The summed E-state index contributed by atoms with van der Waals surface area (Å²) in [5, 5.41) is 9.45. The molecule has 0 spiro atoms. The molecule has 0 atom stereocenters. The van der Waals surface area contributed by atoms with Crippen LogP contribution in [0.3, 0.4) is 0 Å². The summed E-state index contributed by atoms with van der Waals surface area (Å²) in [5.41, 5.74) is 0. The number of rotatable bonds is 5. The van der Waals surface area contributed by atoms with Gasteiger partial charge in [0.05, 0.1) is 12.5 Å². The summed E-state index contributed by atoms with van der Waals surface area (Å²) < 4.78 is 3.96. The minimum atomic E-state index is 0.534. The van der Waals surface area contributed by atoms with E-state index in [-0.39, 0.29) is 0 Å². The van der Waals surface area contributed by atoms with Gasteiger partial charge in [0.25, 0.3) is 0 Å². The van der Waals surface area contributed by atoms with Crippen LogP contribution in [0.5, 0.6) is 0 Å². The second-order valence-corrected chi connectivity index (χ2v) is 4.23. The molecular weight excluding hydrogens is 196 g/mol. The lowest BCUT2D eigenvalue weighted by Crippen LogP contribution is -2.28. The van der Waals surface area contributed by atoms with Crippen LogP contribution in [-0.2, 0) is 0 Å². The number of nitrogens with zero attached hydrogens (tertiary/aromatic N) is 4. The van der Waals surface area contributed by atoms with Crippen LogP contribution in [0.4, 0.5) is 5.13 Å². The maximum Gasteiger partial charge on any atom is 0.204 e. The van der Waals surface area contributed by atoms with Gasteiger partial charge in [-0.25, -0.2) is 4.98 Å². The lowest BCUT2D eigenvalue weighted by molar-refractivity contribution is 0.611. The molecule has 76 valence electrons. The molecular formula is C9H14N4S. The van der Waals surface area contributed by atoms with Crippen molar-refractivity contribution in [3.05, 3.63) is 6.33 Å².